The number of carbonyl (C=O) groups is 2. The van der Waals surface area contributed by atoms with E-state index in [1.54, 1.807) is 27.7 Å². The van der Waals surface area contributed by atoms with Crippen LogP contribution in [0.1, 0.15) is 53.4 Å². The highest BCUT2D eigenvalue weighted by Crippen LogP contribution is 2.25. The fraction of sp³-hybridized carbons (Fsp3) is 0.857. The molecule has 18 heavy (non-hydrogen) atoms. The third kappa shape index (κ3) is 4.31. The van der Waals surface area contributed by atoms with Crippen LogP contribution in [0.4, 0.5) is 0 Å². The molecular weight excluding hydrogens is 232 g/mol. The Labute approximate surface area is 109 Å². The summed E-state index contributed by atoms with van der Waals surface area (Å²) < 4.78 is 10.9. The smallest absolute Gasteiger partial charge is 0.308 e. The predicted octanol–water partition coefficient (Wildman–Crippen LogP) is 2.70. The van der Waals surface area contributed by atoms with Gasteiger partial charge >= 0.3 is 11.9 Å². The van der Waals surface area contributed by atoms with E-state index in [0.717, 1.165) is 25.7 Å². The molecule has 0 aromatic heterocycles. The lowest BCUT2D eigenvalue weighted by atomic mass is 9.94. The lowest BCUT2D eigenvalue weighted by Crippen LogP contribution is -2.39. The fourth-order valence-corrected chi connectivity index (χ4v) is 1.90. The van der Waals surface area contributed by atoms with Gasteiger partial charge in [-0.05, 0) is 25.7 Å². The zero-order valence-corrected chi connectivity index (χ0v) is 11.8. The third-order valence-corrected chi connectivity index (χ3v) is 3.12. The molecule has 4 nitrogen and oxygen atoms in total. The molecule has 0 bridgehead atoms. The van der Waals surface area contributed by atoms with E-state index in [1.807, 2.05) is 0 Å². The Hall–Kier alpha value is -1.06. The summed E-state index contributed by atoms with van der Waals surface area (Å²) in [4.78, 5) is 23.2. The number of ether oxygens (including phenoxy) is 2. The summed E-state index contributed by atoms with van der Waals surface area (Å²) in [5.41, 5.74) is 0. The van der Waals surface area contributed by atoms with Gasteiger partial charge in [-0.2, -0.15) is 0 Å². The molecule has 0 amide bonds. The van der Waals surface area contributed by atoms with Crippen LogP contribution in [-0.2, 0) is 19.1 Å². The third-order valence-electron chi connectivity index (χ3n) is 3.12. The molecule has 0 spiro atoms. The molecular formula is C14H24O4. The van der Waals surface area contributed by atoms with Crippen molar-refractivity contribution in [3.63, 3.8) is 0 Å². The number of rotatable bonds is 4. The van der Waals surface area contributed by atoms with Gasteiger partial charge in [-0.25, -0.2) is 0 Å². The van der Waals surface area contributed by atoms with Gasteiger partial charge in [-0.3, -0.25) is 9.59 Å². The van der Waals surface area contributed by atoms with Crippen LogP contribution in [-0.4, -0.2) is 24.1 Å². The van der Waals surface area contributed by atoms with E-state index < -0.39 is 0 Å². The lowest BCUT2D eigenvalue weighted by molar-refractivity contribution is -0.175. The van der Waals surface area contributed by atoms with Crippen molar-refractivity contribution in [1.82, 2.24) is 0 Å². The molecule has 0 heterocycles. The number of hydrogen-bond donors (Lipinski definition) is 0. The Kier molecular flexibility index (Phi) is 5.63. The molecule has 0 unspecified atom stereocenters. The molecule has 1 saturated carbocycles. The first kappa shape index (κ1) is 15.0. The fourth-order valence-electron chi connectivity index (χ4n) is 1.90. The van der Waals surface area contributed by atoms with Crippen LogP contribution in [0, 0.1) is 11.8 Å². The summed E-state index contributed by atoms with van der Waals surface area (Å²) in [5, 5.41) is 0. The van der Waals surface area contributed by atoms with Gasteiger partial charge in [0.1, 0.15) is 12.2 Å². The number of carbonyl (C=O) groups excluding carboxylic acids is 2. The maximum absolute atomic E-state index is 11.6. The second-order valence-corrected chi connectivity index (χ2v) is 5.54. The molecule has 0 radical (unpaired) electrons. The second kappa shape index (κ2) is 6.76. The van der Waals surface area contributed by atoms with Crippen molar-refractivity contribution in [2.75, 3.05) is 0 Å². The minimum absolute atomic E-state index is 0.145. The van der Waals surface area contributed by atoms with Crippen molar-refractivity contribution < 1.29 is 19.1 Å². The van der Waals surface area contributed by atoms with Crippen LogP contribution < -0.4 is 0 Å². The Balaban J connectivity index is 2.57. The quantitative estimate of drug-likeness (QED) is 0.726. The average Bonchev–Trinajstić information content (AvgIpc) is 2.31. The summed E-state index contributed by atoms with van der Waals surface area (Å²) in [7, 11) is 0. The van der Waals surface area contributed by atoms with Gasteiger partial charge in [-0.1, -0.05) is 27.7 Å². The monoisotopic (exact) mass is 256 g/mol. The Bertz CT molecular complexity index is 266. The van der Waals surface area contributed by atoms with Crippen LogP contribution in [0.3, 0.4) is 0 Å². The minimum Gasteiger partial charge on any atom is -0.458 e. The maximum atomic E-state index is 11.6. The molecule has 1 rings (SSSR count). The zero-order valence-electron chi connectivity index (χ0n) is 11.8. The van der Waals surface area contributed by atoms with E-state index in [1.165, 1.54) is 0 Å². The van der Waals surface area contributed by atoms with Crippen LogP contribution in [0.2, 0.25) is 0 Å². The van der Waals surface area contributed by atoms with E-state index in [9.17, 15) is 9.59 Å². The highest BCUT2D eigenvalue weighted by atomic mass is 16.6. The summed E-state index contributed by atoms with van der Waals surface area (Å²) in [6.45, 7) is 7.22. The zero-order chi connectivity index (χ0) is 13.7. The highest BCUT2D eigenvalue weighted by molar-refractivity contribution is 5.72. The molecule has 0 N–H and O–H groups in total. The lowest BCUT2D eigenvalue weighted by Gasteiger charge is -2.31. The number of esters is 2. The van der Waals surface area contributed by atoms with Crippen molar-refractivity contribution in [2.24, 2.45) is 11.8 Å². The van der Waals surface area contributed by atoms with Gasteiger partial charge in [-0.15, -0.1) is 0 Å². The van der Waals surface area contributed by atoms with Crippen molar-refractivity contribution in [3.05, 3.63) is 0 Å². The first-order valence-corrected chi connectivity index (χ1v) is 6.82. The molecule has 2 atom stereocenters. The Morgan fingerprint density at radius 1 is 0.833 bits per heavy atom. The van der Waals surface area contributed by atoms with Crippen molar-refractivity contribution in [2.45, 2.75) is 65.6 Å². The largest absolute Gasteiger partial charge is 0.458 e. The van der Waals surface area contributed by atoms with Crippen LogP contribution in [0.25, 0.3) is 0 Å². The van der Waals surface area contributed by atoms with E-state index >= 15 is 0 Å². The molecule has 1 fully saturated rings. The van der Waals surface area contributed by atoms with Gasteiger partial charge in [0, 0.05) is 0 Å². The first-order chi connectivity index (χ1) is 8.41. The van der Waals surface area contributed by atoms with Crippen LogP contribution in [0.15, 0.2) is 0 Å². The number of hydrogen-bond acceptors (Lipinski definition) is 4. The minimum atomic E-state index is -0.267. The summed E-state index contributed by atoms with van der Waals surface area (Å²) >= 11 is 0. The van der Waals surface area contributed by atoms with Gasteiger partial charge in [0.05, 0.1) is 11.8 Å². The van der Waals surface area contributed by atoms with Gasteiger partial charge in [0.25, 0.3) is 0 Å². The second-order valence-electron chi connectivity index (χ2n) is 5.54. The maximum Gasteiger partial charge on any atom is 0.308 e. The van der Waals surface area contributed by atoms with Gasteiger partial charge in [0.2, 0.25) is 0 Å². The topological polar surface area (TPSA) is 52.6 Å². The Morgan fingerprint density at radius 3 is 1.44 bits per heavy atom. The molecule has 0 saturated heterocycles. The van der Waals surface area contributed by atoms with Crippen molar-refractivity contribution in [1.29, 1.82) is 0 Å². The van der Waals surface area contributed by atoms with Crippen molar-refractivity contribution in [3.8, 4) is 0 Å². The SMILES string of the molecule is CC(C)C(=O)O[C@H]1CCCC[C@H]1OC(=O)C(C)C. The average molecular weight is 256 g/mol. The van der Waals surface area contributed by atoms with E-state index in [2.05, 4.69) is 0 Å². The normalized spacial score (nSPS) is 24.1. The van der Waals surface area contributed by atoms with Crippen LogP contribution in [0.5, 0.6) is 0 Å². The standard InChI is InChI=1S/C14H24O4/c1-9(2)13(15)17-11-7-5-6-8-12(11)18-14(16)10(3)4/h9-12H,5-8H2,1-4H3/t11-,12+. The summed E-state index contributed by atoms with van der Waals surface area (Å²) in [6, 6.07) is 0. The first-order valence-electron chi connectivity index (χ1n) is 6.82. The molecule has 104 valence electrons. The summed E-state index contributed by atoms with van der Waals surface area (Å²) in [5.74, 6) is -0.721. The molecule has 0 aromatic rings. The van der Waals surface area contributed by atoms with Crippen LogP contribution >= 0.6 is 0 Å². The molecule has 4 heteroatoms. The van der Waals surface area contributed by atoms with E-state index in [-0.39, 0.29) is 36.0 Å². The molecule has 1 aliphatic carbocycles. The summed E-state index contributed by atoms with van der Waals surface area (Å²) in [6.07, 6.45) is 3.08. The van der Waals surface area contributed by atoms with Crippen molar-refractivity contribution >= 4 is 11.9 Å². The predicted molar refractivity (Wildman–Crippen MR) is 67.9 cm³/mol. The Morgan fingerprint density at radius 2 is 1.17 bits per heavy atom. The van der Waals surface area contributed by atoms with Gasteiger partial charge < -0.3 is 9.47 Å². The highest BCUT2D eigenvalue weighted by Gasteiger charge is 2.32. The van der Waals surface area contributed by atoms with E-state index in [4.69, 9.17) is 9.47 Å². The van der Waals surface area contributed by atoms with Gasteiger partial charge in [0.15, 0.2) is 0 Å². The molecule has 0 aliphatic heterocycles. The van der Waals surface area contributed by atoms with E-state index in [0.29, 0.717) is 0 Å². The molecule has 0 aromatic carbocycles. The molecule has 1 aliphatic rings.